The summed E-state index contributed by atoms with van der Waals surface area (Å²) in [5.74, 6) is -1.23. The lowest BCUT2D eigenvalue weighted by molar-refractivity contribution is -0.220. The molecule has 1 rings (SSSR count). The van der Waals surface area contributed by atoms with Crippen LogP contribution in [0.2, 0.25) is 0 Å². The number of aliphatic hydroxyl groups is 7. The predicted molar refractivity (Wildman–Crippen MR) is 242 cm³/mol. The van der Waals surface area contributed by atoms with Crippen LogP contribution in [0.1, 0.15) is 181 Å². The van der Waals surface area contributed by atoms with E-state index in [2.05, 4.69) is 13.8 Å². The maximum absolute atomic E-state index is 12.8. The second-order valence-corrected chi connectivity index (χ2v) is 18.3. The van der Waals surface area contributed by atoms with Crippen molar-refractivity contribution in [2.45, 2.75) is 236 Å². The zero-order valence-corrected chi connectivity index (χ0v) is 39.2. The number of unbranched alkanes of at least 4 members (excludes halogenated alkanes) is 18. The smallest absolute Gasteiger partial charge is 0.462 e. The summed E-state index contributed by atoms with van der Waals surface area (Å²) < 4.78 is 33.4. The molecule has 63 heavy (non-hydrogen) atoms. The van der Waals surface area contributed by atoms with Gasteiger partial charge in [-0.3, -0.25) is 18.6 Å². The van der Waals surface area contributed by atoms with Gasteiger partial charge in [0.05, 0.1) is 18.8 Å². The van der Waals surface area contributed by atoms with E-state index in [-0.39, 0.29) is 12.8 Å². The minimum absolute atomic E-state index is 0.0350. The molecule has 0 amide bonds. The van der Waals surface area contributed by atoms with Crippen molar-refractivity contribution >= 4 is 19.8 Å². The average molecular weight is 921 g/mol. The zero-order chi connectivity index (χ0) is 46.7. The fraction of sp³-hybridized carbons (Fsp3) is 0.830. The van der Waals surface area contributed by atoms with Gasteiger partial charge in [-0.15, -0.1) is 0 Å². The van der Waals surface area contributed by atoms with Gasteiger partial charge in [0.1, 0.15) is 43.2 Å². The van der Waals surface area contributed by atoms with Crippen LogP contribution in [0.4, 0.5) is 0 Å². The molecule has 0 heterocycles. The van der Waals surface area contributed by atoms with Gasteiger partial charge < -0.3 is 50.1 Å². The van der Waals surface area contributed by atoms with Crippen molar-refractivity contribution in [1.29, 1.82) is 0 Å². The maximum Gasteiger partial charge on any atom is 0.472 e. The molecule has 8 unspecified atom stereocenters. The van der Waals surface area contributed by atoms with Crippen molar-refractivity contribution in [2.24, 2.45) is 0 Å². The van der Waals surface area contributed by atoms with Gasteiger partial charge in [-0.05, 0) is 51.4 Å². The molecule has 0 aromatic rings. The van der Waals surface area contributed by atoms with E-state index >= 15 is 0 Å². The second-order valence-electron chi connectivity index (χ2n) is 16.9. The summed E-state index contributed by atoms with van der Waals surface area (Å²) >= 11 is 0. The number of phosphoric ester groups is 1. The van der Waals surface area contributed by atoms with Crippen LogP contribution < -0.4 is 0 Å². The number of carbonyl (C=O) groups is 2. The first-order valence-corrected chi connectivity index (χ1v) is 25.5. The Hall–Kier alpha value is -2.01. The summed E-state index contributed by atoms with van der Waals surface area (Å²) in [5.41, 5.74) is 0. The maximum atomic E-state index is 12.8. The van der Waals surface area contributed by atoms with Crippen LogP contribution in [0.3, 0.4) is 0 Å². The molecular weight excluding hydrogens is 835 g/mol. The van der Waals surface area contributed by atoms with Crippen molar-refractivity contribution in [1.82, 2.24) is 0 Å². The Morgan fingerprint density at radius 1 is 0.540 bits per heavy atom. The van der Waals surface area contributed by atoms with Crippen LogP contribution >= 0.6 is 7.82 Å². The first-order chi connectivity index (χ1) is 30.2. The minimum Gasteiger partial charge on any atom is -0.462 e. The number of hydrogen-bond donors (Lipinski definition) is 8. The molecule has 0 aromatic heterocycles. The summed E-state index contributed by atoms with van der Waals surface area (Å²) in [4.78, 5) is 35.7. The molecule has 1 aliphatic rings. The Bertz CT molecular complexity index is 1280. The molecule has 15 nitrogen and oxygen atoms in total. The number of carbonyl (C=O) groups excluding carboxylic acids is 2. The Balaban J connectivity index is 2.53. The van der Waals surface area contributed by atoms with Crippen LogP contribution in [0.5, 0.6) is 0 Å². The molecule has 0 spiro atoms. The highest BCUT2D eigenvalue weighted by atomic mass is 31.2. The minimum atomic E-state index is -5.16. The fourth-order valence-corrected chi connectivity index (χ4v) is 8.08. The monoisotopic (exact) mass is 921 g/mol. The van der Waals surface area contributed by atoms with Gasteiger partial charge in [0.15, 0.2) is 6.10 Å². The topological polar surface area (TPSA) is 250 Å². The normalized spacial score (nSPS) is 23.0. The number of hydrogen-bond acceptors (Lipinski definition) is 14. The molecule has 0 saturated heterocycles. The molecule has 1 saturated carbocycles. The quantitative estimate of drug-likeness (QED) is 0.0130. The van der Waals surface area contributed by atoms with Gasteiger partial charge in [0.2, 0.25) is 0 Å². The van der Waals surface area contributed by atoms with E-state index in [9.17, 15) is 54.8 Å². The summed E-state index contributed by atoms with van der Waals surface area (Å²) in [6.45, 7) is 3.10. The van der Waals surface area contributed by atoms with E-state index < -0.39 is 87.9 Å². The Kier molecular flexibility index (Phi) is 34.8. The summed E-state index contributed by atoms with van der Waals surface area (Å²) in [7, 11) is -5.16. The summed E-state index contributed by atoms with van der Waals surface area (Å²) in [6, 6.07) is 0. The predicted octanol–water partition coefficient (Wildman–Crippen LogP) is 7.33. The number of esters is 2. The van der Waals surface area contributed by atoms with Gasteiger partial charge in [-0.25, -0.2) is 4.57 Å². The lowest BCUT2D eigenvalue weighted by Crippen LogP contribution is -2.64. The van der Waals surface area contributed by atoms with E-state index in [0.29, 0.717) is 38.5 Å². The van der Waals surface area contributed by atoms with Crippen LogP contribution in [-0.4, -0.2) is 121 Å². The zero-order valence-electron chi connectivity index (χ0n) is 38.3. The van der Waals surface area contributed by atoms with Crippen LogP contribution in [0.25, 0.3) is 0 Å². The third-order valence-corrected chi connectivity index (χ3v) is 12.1. The third kappa shape index (κ3) is 29.3. The van der Waals surface area contributed by atoms with E-state index in [4.69, 9.17) is 18.5 Å². The van der Waals surface area contributed by atoms with Gasteiger partial charge >= 0.3 is 19.8 Å². The second kappa shape index (κ2) is 37.1. The molecule has 1 fully saturated rings. The summed E-state index contributed by atoms with van der Waals surface area (Å²) in [5, 5.41) is 70.5. The molecule has 368 valence electrons. The Labute approximate surface area is 377 Å². The van der Waals surface area contributed by atoms with Crippen LogP contribution in [0, 0.1) is 0 Å². The number of ether oxygens (including phenoxy) is 2. The van der Waals surface area contributed by atoms with Crippen molar-refractivity contribution in [3.05, 3.63) is 36.5 Å². The van der Waals surface area contributed by atoms with Crippen molar-refractivity contribution in [2.75, 3.05) is 13.2 Å². The van der Waals surface area contributed by atoms with Gasteiger partial charge in [-0.2, -0.15) is 0 Å². The van der Waals surface area contributed by atoms with E-state index in [1.807, 2.05) is 36.5 Å². The fourth-order valence-electron chi connectivity index (χ4n) is 7.11. The molecule has 0 bridgehead atoms. The highest BCUT2D eigenvalue weighted by molar-refractivity contribution is 7.47. The first-order valence-electron chi connectivity index (χ1n) is 24.0. The standard InChI is InChI=1S/C47H85O15P/c1-3-5-7-9-11-12-13-14-15-16-17-18-21-25-29-33-40(50)59-35-37(36-60-63(57,58)62-47-45(55)43(53)42(52)44(54)46(47)56)61-41(51)34-30-26-22-19-20-24-28-32-39(49)38(48)31-27-23-10-8-6-4-2/h19,22-24,27-28,37-39,42-49,52-56H,3-18,20-21,25-26,29-36H2,1-2H3,(H,57,58)/b22-19-,27-23+,28-24-. The molecule has 0 radical (unpaired) electrons. The molecule has 0 aliphatic heterocycles. The van der Waals surface area contributed by atoms with Gasteiger partial charge in [0.25, 0.3) is 0 Å². The highest BCUT2D eigenvalue weighted by Gasteiger charge is 2.51. The number of allylic oxidation sites excluding steroid dienone is 4. The first kappa shape index (κ1) is 59.0. The molecule has 16 heteroatoms. The highest BCUT2D eigenvalue weighted by Crippen LogP contribution is 2.47. The van der Waals surface area contributed by atoms with Crippen molar-refractivity contribution in [3.8, 4) is 0 Å². The van der Waals surface area contributed by atoms with Crippen LogP contribution in [-0.2, 0) is 32.7 Å². The molecule has 0 aromatic carbocycles. The van der Waals surface area contributed by atoms with E-state index in [1.165, 1.54) is 70.6 Å². The number of rotatable bonds is 39. The molecule has 8 N–H and O–H groups in total. The molecular formula is C47H85O15P. The van der Waals surface area contributed by atoms with Crippen molar-refractivity contribution < 1.29 is 73.3 Å². The lowest BCUT2D eigenvalue weighted by Gasteiger charge is -2.41. The van der Waals surface area contributed by atoms with Crippen LogP contribution in [0.15, 0.2) is 36.5 Å². The third-order valence-electron chi connectivity index (χ3n) is 11.2. The average Bonchev–Trinajstić information content (AvgIpc) is 3.26. The Morgan fingerprint density at radius 2 is 0.968 bits per heavy atom. The number of aliphatic hydroxyl groups excluding tert-OH is 7. The van der Waals surface area contributed by atoms with Gasteiger partial charge in [-0.1, -0.05) is 153 Å². The van der Waals surface area contributed by atoms with Gasteiger partial charge in [0, 0.05) is 12.8 Å². The van der Waals surface area contributed by atoms with E-state index in [0.717, 1.165) is 44.9 Å². The molecule has 8 atom stereocenters. The SMILES string of the molecule is CCCCC/C=C/CC(O)C(O)C/C=C\C/C=C\CCCC(=O)OC(COC(=O)CCCCCCCCCCCCCCCCC)COP(=O)(O)OC1C(O)C(O)C(O)C(O)C1O. The largest absolute Gasteiger partial charge is 0.472 e. The molecule has 1 aliphatic carbocycles. The lowest BCUT2D eigenvalue weighted by atomic mass is 9.85. The summed E-state index contributed by atoms with van der Waals surface area (Å²) in [6.07, 6.45) is 20.8. The van der Waals surface area contributed by atoms with Crippen molar-refractivity contribution in [3.63, 3.8) is 0 Å². The Morgan fingerprint density at radius 3 is 1.52 bits per heavy atom. The van der Waals surface area contributed by atoms with E-state index in [1.54, 1.807) is 0 Å². The number of phosphoric acid groups is 1.